The van der Waals surface area contributed by atoms with Crippen LogP contribution in [0.3, 0.4) is 0 Å². The summed E-state index contributed by atoms with van der Waals surface area (Å²) in [5, 5.41) is 23.0. The molecule has 1 aliphatic carbocycles. The quantitative estimate of drug-likeness (QED) is 0.451. The van der Waals surface area contributed by atoms with E-state index in [1.54, 1.807) is 0 Å². The predicted octanol–water partition coefficient (Wildman–Crippen LogP) is 5.09. The number of phenols is 2. The Balaban J connectivity index is 0.00000484. The zero-order chi connectivity index (χ0) is 30.7. The number of halogens is 1. The number of phenolic OH excluding ortho intramolecular Hbond substituents is 2. The van der Waals surface area contributed by atoms with Crippen molar-refractivity contribution < 1.29 is 45.2 Å². The molecule has 1 aliphatic heterocycles. The number of fused-ring (bicyclic) bond motifs is 1. The maximum absolute atomic E-state index is 11.5. The number of nitrogens with zero attached hydrogens (tertiary/aromatic N) is 2. The van der Waals surface area contributed by atoms with E-state index in [2.05, 4.69) is 127 Å². The van der Waals surface area contributed by atoms with Gasteiger partial charge in [-0.15, -0.1) is 0 Å². The van der Waals surface area contributed by atoms with Crippen molar-refractivity contribution in [2.75, 3.05) is 0 Å². The summed E-state index contributed by atoms with van der Waals surface area (Å²) in [4.78, 5) is 0. The van der Waals surface area contributed by atoms with Crippen LogP contribution in [0, 0.1) is 0 Å². The third-order valence-corrected chi connectivity index (χ3v) is 10.3. The number of benzene rings is 2. The molecule has 0 amide bonds. The van der Waals surface area contributed by atoms with Crippen LogP contribution in [0.4, 0.5) is 0 Å². The topological polar surface area (TPSA) is 46.5 Å². The van der Waals surface area contributed by atoms with Gasteiger partial charge >= 0.3 is 257 Å². The monoisotopic (exact) mass is 636 g/mol. The van der Waals surface area contributed by atoms with Crippen molar-refractivity contribution in [1.29, 1.82) is 0 Å². The van der Waals surface area contributed by atoms with Crippen LogP contribution >= 0.6 is 0 Å². The Bertz CT molecular complexity index is 1280. The maximum Gasteiger partial charge on any atom is -1.00 e. The molecule has 2 aromatic rings. The number of hydrogen-bond acceptors (Lipinski definition) is 2. The summed E-state index contributed by atoms with van der Waals surface area (Å²) in [6.07, 6.45) is 9.19. The second kappa shape index (κ2) is 11.9. The third-order valence-electron chi connectivity index (χ3n) is 8.65. The molecule has 2 aliphatic rings. The van der Waals surface area contributed by atoms with E-state index in [-0.39, 0.29) is 34.1 Å². The Morgan fingerprint density at radius 3 is 1.21 bits per heavy atom. The molecule has 2 fully saturated rings. The number of hydrogen-bond donors (Lipinski definition) is 2. The molecule has 2 unspecified atom stereocenters. The Morgan fingerprint density at radius 2 is 0.929 bits per heavy atom. The molecule has 2 aromatic carbocycles. The van der Waals surface area contributed by atoms with Gasteiger partial charge in [0.25, 0.3) is 0 Å². The van der Waals surface area contributed by atoms with Gasteiger partial charge in [0.05, 0.1) is 0 Å². The molecule has 4 nitrogen and oxygen atoms in total. The summed E-state index contributed by atoms with van der Waals surface area (Å²) < 4.78 is 4.96. The number of rotatable bonds is 2. The Morgan fingerprint density at radius 1 is 0.595 bits per heavy atom. The molecule has 1 heterocycles. The molecule has 0 bridgehead atoms. The van der Waals surface area contributed by atoms with Gasteiger partial charge in [-0.3, -0.25) is 0 Å². The van der Waals surface area contributed by atoms with E-state index >= 15 is 0 Å². The van der Waals surface area contributed by atoms with Crippen molar-refractivity contribution >= 4 is 12.4 Å². The summed E-state index contributed by atoms with van der Waals surface area (Å²) in [7, 11) is 0. The van der Waals surface area contributed by atoms with Gasteiger partial charge in [0.1, 0.15) is 0 Å². The fourth-order valence-electron chi connectivity index (χ4n) is 5.90. The largest absolute Gasteiger partial charge is 1.00 e. The smallest absolute Gasteiger partial charge is 1.00 e. The SMILES string of the molecule is CC(C)(C)c1cc(C=[N+]2[Mn+][N+](=Cc3cc(C(C)(C)C)cc(C(C)(C)C)c3O)C3CCCCC32)c(O)c(C(C)(C)C)c1.[Cl-]. The molecule has 2 atom stereocenters. The first-order chi connectivity index (χ1) is 18.7. The van der Waals surface area contributed by atoms with Crippen LogP contribution in [-0.2, 0) is 37.1 Å². The van der Waals surface area contributed by atoms with Crippen molar-refractivity contribution in [3.05, 3.63) is 57.6 Å². The van der Waals surface area contributed by atoms with E-state index in [1.165, 1.54) is 24.0 Å². The molecule has 1 saturated heterocycles. The van der Waals surface area contributed by atoms with Gasteiger partial charge < -0.3 is 12.4 Å². The second-order valence-corrected chi connectivity index (χ2v) is 17.8. The summed E-state index contributed by atoms with van der Waals surface area (Å²) in [5.74, 6) is 0.798. The van der Waals surface area contributed by atoms with Gasteiger partial charge in [0.2, 0.25) is 0 Å². The van der Waals surface area contributed by atoms with Gasteiger partial charge in [-0.1, -0.05) is 0 Å². The van der Waals surface area contributed by atoms with E-state index < -0.39 is 0 Å². The van der Waals surface area contributed by atoms with E-state index in [9.17, 15) is 10.2 Å². The van der Waals surface area contributed by atoms with Crippen molar-refractivity contribution in [1.82, 2.24) is 0 Å². The Kier molecular flexibility index (Phi) is 9.86. The van der Waals surface area contributed by atoms with Gasteiger partial charge in [0.15, 0.2) is 0 Å². The maximum atomic E-state index is 11.5. The van der Waals surface area contributed by atoms with Gasteiger partial charge in [-0.25, -0.2) is 0 Å². The predicted molar refractivity (Wildman–Crippen MR) is 168 cm³/mol. The molecule has 42 heavy (non-hydrogen) atoms. The summed E-state index contributed by atoms with van der Waals surface area (Å²) in [6, 6.07) is 9.56. The molecule has 6 heteroatoms. The average Bonchev–Trinajstić information content (AvgIpc) is 3.15. The molecule has 232 valence electrons. The fourth-order valence-corrected chi connectivity index (χ4v) is 7.74. The standard InChI is InChI=1S/C36H54N2O2.ClH.Mn/c1-33(2,3)25-17-23(31(39)27(19-25)35(7,8)9)21-37-29-15-13-14-16-30(29)38-22-24-18-26(34(4,5)6)20-28(32(24)40)36(10,11)12;;/h17-22,29-30,39-40H,13-16H2,1-12H3;1H;/q;;+3/p-1. The summed E-state index contributed by atoms with van der Waals surface area (Å²) in [6.45, 7) is 26.5. The normalized spacial score (nSPS) is 21.9. The molecule has 2 N–H and O–H groups in total. The first-order valence-electron chi connectivity index (χ1n) is 15.4. The van der Waals surface area contributed by atoms with Crippen LogP contribution in [0.5, 0.6) is 11.5 Å². The van der Waals surface area contributed by atoms with Crippen LogP contribution in [-0.4, -0.2) is 41.9 Å². The van der Waals surface area contributed by atoms with Crippen molar-refractivity contribution in [2.24, 2.45) is 0 Å². The molecule has 4 rings (SSSR count). The molecule has 0 spiro atoms. The zero-order valence-corrected chi connectivity index (χ0v) is 29.9. The van der Waals surface area contributed by atoms with Gasteiger partial charge in [-0.05, 0) is 0 Å². The Hall–Kier alpha value is -1.81. The van der Waals surface area contributed by atoms with Crippen molar-refractivity contribution in [2.45, 2.75) is 143 Å². The minimum atomic E-state index is -0.158. The van der Waals surface area contributed by atoms with Crippen molar-refractivity contribution in [3.8, 4) is 11.5 Å². The van der Waals surface area contributed by atoms with Crippen LogP contribution in [0.2, 0.25) is 0 Å². The van der Waals surface area contributed by atoms with Crippen LogP contribution in [0.1, 0.15) is 142 Å². The molecular formula is C36H54ClMnN2O2+2. The van der Waals surface area contributed by atoms with E-state index in [0.717, 1.165) is 35.1 Å². The van der Waals surface area contributed by atoms with E-state index in [4.69, 9.17) is 0 Å². The van der Waals surface area contributed by atoms with Crippen molar-refractivity contribution in [3.63, 3.8) is 0 Å². The molecule has 1 saturated carbocycles. The third kappa shape index (κ3) is 7.28. The number of aromatic hydroxyl groups is 2. The molecule has 0 aromatic heterocycles. The zero-order valence-electron chi connectivity index (χ0n) is 28.0. The molecular weight excluding hydrogens is 583 g/mol. The van der Waals surface area contributed by atoms with Crippen LogP contribution in [0.25, 0.3) is 0 Å². The summed E-state index contributed by atoms with van der Waals surface area (Å²) >= 11 is 0.376. The van der Waals surface area contributed by atoms with Crippen LogP contribution < -0.4 is 12.4 Å². The fraction of sp³-hybridized carbons (Fsp3) is 0.611. The van der Waals surface area contributed by atoms with E-state index in [1.807, 2.05) is 0 Å². The minimum absolute atomic E-state index is 0. The first kappa shape index (κ1) is 34.7. The second-order valence-electron chi connectivity index (χ2n) is 16.4. The van der Waals surface area contributed by atoms with E-state index in [0.29, 0.717) is 39.0 Å². The summed E-state index contributed by atoms with van der Waals surface area (Å²) in [5.41, 5.74) is 5.97. The van der Waals surface area contributed by atoms with Gasteiger partial charge in [0, 0.05) is 0 Å². The molecule has 0 radical (unpaired) electrons. The van der Waals surface area contributed by atoms with Crippen LogP contribution in [0.15, 0.2) is 24.3 Å². The average molecular weight is 637 g/mol. The first-order valence-corrected chi connectivity index (χ1v) is 16.4. The minimum Gasteiger partial charge on any atom is -1.00 e. The van der Waals surface area contributed by atoms with Gasteiger partial charge in [-0.2, -0.15) is 0 Å². The Labute approximate surface area is 268 Å².